The van der Waals surface area contributed by atoms with E-state index in [9.17, 15) is 9.59 Å². The summed E-state index contributed by atoms with van der Waals surface area (Å²) in [6.45, 7) is 7.33. The second-order valence-electron chi connectivity index (χ2n) is 6.47. The van der Waals surface area contributed by atoms with Gasteiger partial charge in [-0.25, -0.2) is 9.59 Å². The SMILES string of the molecule is CCCCCCc1c(C)c2ccc(OC(C)C(=O)O)c(C)c2oc1=O. The highest BCUT2D eigenvalue weighted by Gasteiger charge is 2.18. The molecular formula is C20H26O5. The largest absolute Gasteiger partial charge is 0.479 e. The molecule has 5 nitrogen and oxygen atoms in total. The van der Waals surface area contributed by atoms with E-state index >= 15 is 0 Å². The highest BCUT2D eigenvalue weighted by Crippen LogP contribution is 2.30. The zero-order valence-electron chi connectivity index (χ0n) is 15.3. The standard InChI is InChI=1S/C20H26O5/c1-5-6-7-8-9-16-12(2)15-10-11-17(24-14(4)19(21)22)13(3)18(15)25-20(16)23/h10-11,14H,5-9H2,1-4H3,(H,21,22). The molecule has 1 unspecified atom stereocenters. The van der Waals surface area contributed by atoms with E-state index < -0.39 is 12.1 Å². The third kappa shape index (κ3) is 4.21. The summed E-state index contributed by atoms with van der Waals surface area (Å²) in [5, 5.41) is 9.87. The Balaban J connectivity index is 2.39. The van der Waals surface area contributed by atoms with Gasteiger partial charge in [0.2, 0.25) is 0 Å². The Hall–Kier alpha value is -2.30. The Kier molecular flexibility index (Phi) is 6.23. The minimum atomic E-state index is -1.04. The Morgan fingerprint density at radius 1 is 1.20 bits per heavy atom. The van der Waals surface area contributed by atoms with Crippen molar-refractivity contribution in [3.63, 3.8) is 0 Å². The number of aliphatic carboxylic acids is 1. The number of aryl methyl sites for hydroxylation is 2. The van der Waals surface area contributed by atoms with Crippen molar-refractivity contribution < 1.29 is 19.1 Å². The average molecular weight is 346 g/mol. The number of carbonyl (C=O) groups is 1. The highest BCUT2D eigenvalue weighted by atomic mass is 16.5. The molecule has 1 aromatic heterocycles. The van der Waals surface area contributed by atoms with Gasteiger partial charge in [0.25, 0.3) is 0 Å². The Labute approximate surface area is 147 Å². The van der Waals surface area contributed by atoms with Gasteiger partial charge < -0.3 is 14.3 Å². The maximum atomic E-state index is 12.4. The van der Waals surface area contributed by atoms with Crippen LogP contribution in [0, 0.1) is 13.8 Å². The number of hydrogen-bond acceptors (Lipinski definition) is 4. The lowest BCUT2D eigenvalue weighted by molar-refractivity contribution is -0.144. The topological polar surface area (TPSA) is 76.7 Å². The highest BCUT2D eigenvalue weighted by molar-refractivity contribution is 5.85. The molecule has 0 aliphatic rings. The molecule has 0 saturated carbocycles. The van der Waals surface area contributed by atoms with Crippen molar-refractivity contribution in [2.75, 3.05) is 0 Å². The fourth-order valence-electron chi connectivity index (χ4n) is 2.96. The number of ether oxygens (including phenoxy) is 1. The molecule has 0 saturated heterocycles. The summed E-state index contributed by atoms with van der Waals surface area (Å²) in [5.74, 6) is -0.625. The summed E-state index contributed by atoms with van der Waals surface area (Å²) in [5.41, 5.74) is 2.46. The van der Waals surface area contributed by atoms with E-state index in [1.165, 1.54) is 13.3 Å². The van der Waals surface area contributed by atoms with E-state index in [0.717, 1.165) is 42.2 Å². The van der Waals surface area contributed by atoms with Crippen molar-refractivity contribution in [2.45, 2.75) is 65.9 Å². The molecule has 0 aliphatic heterocycles. The summed E-state index contributed by atoms with van der Waals surface area (Å²) in [7, 11) is 0. The number of rotatable bonds is 8. The number of hydrogen-bond donors (Lipinski definition) is 1. The minimum Gasteiger partial charge on any atom is -0.479 e. The first-order chi connectivity index (χ1) is 11.9. The van der Waals surface area contributed by atoms with Gasteiger partial charge in [0.1, 0.15) is 11.3 Å². The van der Waals surface area contributed by atoms with Gasteiger partial charge in [-0.15, -0.1) is 0 Å². The molecule has 25 heavy (non-hydrogen) atoms. The molecule has 1 heterocycles. The number of carboxylic acids is 1. The second-order valence-corrected chi connectivity index (χ2v) is 6.47. The zero-order chi connectivity index (χ0) is 18.6. The van der Waals surface area contributed by atoms with Crippen LogP contribution >= 0.6 is 0 Å². The van der Waals surface area contributed by atoms with Crippen LogP contribution in [0.1, 0.15) is 56.2 Å². The fourth-order valence-corrected chi connectivity index (χ4v) is 2.96. The van der Waals surface area contributed by atoms with Gasteiger partial charge in [0, 0.05) is 16.5 Å². The van der Waals surface area contributed by atoms with Crippen LogP contribution < -0.4 is 10.4 Å². The maximum absolute atomic E-state index is 12.4. The molecule has 0 amide bonds. The summed E-state index contributed by atoms with van der Waals surface area (Å²) >= 11 is 0. The van der Waals surface area contributed by atoms with Crippen LogP contribution in [0.25, 0.3) is 11.0 Å². The van der Waals surface area contributed by atoms with E-state index in [1.807, 2.05) is 13.0 Å². The summed E-state index contributed by atoms with van der Waals surface area (Å²) in [4.78, 5) is 23.4. The van der Waals surface area contributed by atoms with Crippen molar-refractivity contribution in [3.8, 4) is 5.75 Å². The van der Waals surface area contributed by atoms with Crippen LogP contribution in [-0.2, 0) is 11.2 Å². The van der Waals surface area contributed by atoms with Gasteiger partial charge in [-0.3, -0.25) is 0 Å². The van der Waals surface area contributed by atoms with Crippen molar-refractivity contribution in [3.05, 3.63) is 39.2 Å². The van der Waals surface area contributed by atoms with Crippen LogP contribution in [-0.4, -0.2) is 17.2 Å². The predicted octanol–water partition coefficient (Wildman–Crippen LogP) is 4.38. The summed E-state index contributed by atoms with van der Waals surface area (Å²) in [6, 6.07) is 3.57. The Bertz CT molecular complexity index is 819. The van der Waals surface area contributed by atoms with E-state index in [-0.39, 0.29) is 5.63 Å². The molecule has 0 radical (unpaired) electrons. The third-order valence-corrected chi connectivity index (χ3v) is 4.59. The molecule has 1 aromatic carbocycles. The quantitative estimate of drug-likeness (QED) is 0.567. The van der Waals surface area contributed by atoms with Crippen molar-refractivity contribution in [1.82, 2.24) is 0 Å². The first kappa shape index (κ1) is 19.0. The van der Waals surface area contributed by atoms with Crippen molar-refractivity contribution in [1.29, 1.82) is 0 Å². The smallest absolute Gasteiger partial charge is 0.344 e. The Morgan fingerprint density at radius 3 is 2.56 bits per heavy atom. The van der Waals surface area contributed by atoms with Crippen LogP contribution in [0.3, 0.4) is 0 Å². The molecular weight excluding hydrogens is 320 g/mol. The van der Waals surface area contributed by atoms with Crippen LogP contribution in [0.4, 0.5) is 0 Å². The van der Waals surface area contributed by atoms with Crippen molar-refractivity contribution in [2.24, 2.45) is 0 Å². The molecule has 0 aliphatic carbocycles. The molecule has 0 bridgehead atoms. The van der Waals surface area contributed by atoms with E-state index in [4.69, 9.17) is 14.3 Å². The molecule has 2 rings (SSSR count). The first-order valence-corrected chi connectivity index (χ1v) is 8.82. The van der Waals surface area contributed by atoms with Gasteiger partial charge in [-0.1, -0.05) is 26.2 Å². The third-order valence-electron chi connectivity index (χ3n) is 4.59. The monoisotopic (exact) mass is 346 g/mol. The lowest BCUT2D eigenvalue weighted by Crippen LogP contribution is -2.23. The minimum absolute atomic E-state index is 0.312. The molecule has 0 fully saturated rings. The molecule has 1 atom stereocenters. The normalized spacial score (nSPS) is 12.3. The molecule has 0 spiro atoms. The lowest BCUT2D eigenvalue weighted by atomic mass is 9.99. The van der Waals surface area contributed by atoms with Crippen LogP contribution in [0.2, 0.25) is 0 Å². The number of carboxylic acid groups (broad SMARTS) is 1. The van der Waals surface area contributed by atoms with Crippen LogP contribution in [0.15, 0.2) is 21.3 Å². The molecule has 1 N–H and O–H groups in total. The van der Waals surface area contributed by atoms with Gasteiger partial charge in [0.05, 0.1) is 0 Å². The zero-order valence-corrected chi connectivity index (χ0v) is 15.3. The number of benzene rings is 1. The maximum Gasteiger partial charge on any atom is 0.344 e. The second kappa shape index (κ2) is 8.19. The van der Waals surface area contributed by atoms with Crippen molar-refractivity contribution >= 4 is 16.9 Å². The Morgan fingerprint density at radius 2 is 1.92 bits per heavy atom. The number of fused-ring (bicyclic) bond motifs is 1. The molecule has 5 heteroatoms. The van der Waals surface area contributed by atoms with Crippen LogP contribution in [0.5, 0.6) is 5.75 Å². The molecule has 136 valence electrons. The van der Waals surface area contributed by atoms with E-state index in [0.29, 0.717) is 16.9 Å². The average Bonchev–Trinajstić information content (AvgIpc) is 2.57. The first-order valence-electron chi connectivity index (χ1n) is 8.82. The summed E-state index contributed by atoms with van der Waals surface area (Å²) in [6.07, 6.45) is 4.15. The van der Waals surface area contributed by atoms with Gasteiger partial charge >= 0.3 is 11.6 Å². The van der Waals surface area contributed by atoms with Gasteiger partial charge in [-0.05, 0) is 51.3 Å². The van der Waals surface area contributed by atoms with Gasteiger partial charge in [-0.2, -0.15) is 0 Å². The predicted molar refractivity (Wildman–Crippen MR) is 97.5 cm³/mol. The van der Waals surface area contributed by atoms with E-state index in [1.54, 1.807) is 13.0 Å². The van der Waals surface area contributed by atoms with E-state index in [2.05, 4.69) is 6.92 Å². The lowest BCUT2D eigenvalue weighted by Gasteiger charge is -2.15. The summed E-state index contributed by atoms with van der Waals surface area (Å²) < 4.78 is 11.0. The number of unbranched alkanes of at least 4 members (excludes halogenated alkanes) is 3. The van der Waals surface area contributed by atoms with Gasteiger partial charge in [0.15, 0.2) is 6.10 Å². The fraction of sp³-hybridized carbons (Fsp3) is 0.500. The molecule has 2 aromatic rings.